The van der Waals surface area contributed by atoms with Crippen LogP contribution in [0.5, 0.6) is 5.75 Å². The van der Waals surface area contributed by atoms with Crippen LogP contribution in [-0.4, -0.2) is 28.6 Å². The Kier molecular flexibility index (Phi) is 7.30. The van der Waals surface area contributed by atoms with Crippen molar-refractivity contribution in [2.75, 3.05) is 13.2 Å². The number of nitrogens with zero attached hydrogens (tertiary/aromatic N) is 2. The highest BCUT2D eigenvalue weighted by Gasteiger charge is 2.12. The molecule has 1 amide bonds. The number of halogens is 1. The first-order chi connectivity index (χ1) is 16.0. The Hall–Kier alpha value is -3.31. The van der Waals surface area contributed by atoms with Crippen LogP contribution >= 0.6 is 11.6 Å². The van der Waals surface area contributed by atoms with E-state index in [0.717, 1.165) is 35.4 Å². The van der Waals surface area contributed by atoms with Crippen molar-refractivity contribution in [2.45, 2.75) is 33.2 Å². The molecule has 0 atom stereocenters. The summed E-state index contributed by atoms with van der Waals surface area (Å²) in [7, 11) is 0. The lowest BCUT2D eigenvalue weighted by Gasteiger charge is -2.13. The Labute approximate surface area is 199 Å². The largest absolute Gasteiger partial charge is 0.491 e. The number of carbonyl (C=O) groups is 1. The fourth-order valence-electron chi connectivity index (χ4n) is 3.87. The molecule has 33 heavy (non-hydrogen) atoms. The van der Waals surface area contributed by atoms with Gasteiger partial charge in [-0.05, 0) is 67.8 Å². The summed E-state index contributed by atoms with van der Waals surface area (Å²) in [5, 5.41) is 3.52. The summed E-state index contributed by atoms with van der Waals surface area (Å²) in [6, 6.07) is 21.2. The molecular weight excluding hydrogens is 434 g/mol. The predicted octanol–water partition coefficient (Wildman–Crippen LogP) is 5.75. The van der Waals surface area contributed by atoms with Crippen LogP contribution in [0.2, 0.25) is 5.02 Å². The Morgan fingerprint density at radius 1 is 1.06 bits per heavy atom. The number of ether oxygens (including phenoxy) is 1. The standard InChI is InChI=1S/C27H28ClN3O2/c1-19-8-5-13-25(20(19)2)33-17-16-31-24-12-4-3-11-23(24)30-26(31)14-7-15-29-27(32)21-9-6-10-22(28)18-21/h3-6,8-13,18H,7,14-17H2,1-2H3,(H,29,32). The minimum absolute atomic E-state index is 0.118. The van der Waals surface area contributed by atoms with E-state index in [0.29, 0.717) is 30.3 Å². The molecule has 6 heteroatoms. The van der Waals surface area contributed by atoms with E-state index in [1.165, 1.54) is 11.1 Å². The summed E-state index contributed by atoms with van der Waals surface area (Å²) < 4.78 is 8.32. The van der Waals surface area contributed by atoms with Crippen molar-refractivity contribution in [1.82, 2.24) is 14.9 Å². The summed E-state index contributed by atoms with van der Waals surface area (Å²) in [5.74, 6) is 1.80. The van der Waals surface area contributed by atoms with Crippen molar-refractivity contribution in [2.24, 2.45) is 0 Å². The number of benzene rings is 3. The number of aromatic nitrogens is 2. The molecule has 1 aromatic heterocycles. The van der Waals surface area contributed by atoms with E-state index in [1.807, 2.05) is 30.3 Å². The number of amides is 1. The topological polar surface area (TPSA) is 56.1 Å². The first-order valence-corrected chi connectivity index (χ1v) is 11.6. The molecule has 1 N–H and O–H groups in total. The van der Waals surface area contributed by atoms with E-state index in [-0.39, 0.29) is 5.91 Å². The number of nitrogens with one attached hydrogen (secondary N) is 1. The van der Waals surface area contributed by atoms with E-state index in [9.17, 15) is 4.79 Å². The second kappa shape index (κ2) is 10.5. The Morgan fingerprint density at radius 3 is 2.73 bits per heavy atom. The minimum Gasteiger partial charge on any atom is -0.491 e. The zero-order valence-corrected chi connectivity index (χ0v) is 19.7. The van der Waals surface area contributed by atoms with Crippen LogP contribution in [0.1, 0.15) is 33.7 Å². The maximum atomic E-state index is 12.3. The van der Waals surface area contributed by atoms with Gasteiger partial charge in [-0.15, -0.1) is 0 Å². The molecule has 0 saturated carbocycles. The molecule has 0 radical (unpaired) electrons. The number of imidazole rings is 1. The van der Waals surface area contributed by atoms with Gasteiger partial charge in [0, 0.05) is 23.6 Å². The lowest BCUT2D eigenvalue weighted by atomic mass is 10.1. The number of fused-ring (bicyclic) bond motifs is 1. The molecule has 0 spiro atoms. The van der Waals surface area contributed by atoms with Crippen LogP contribution in [0.3, 0.4) is 0 Å². The number of hydrogen-bond acceptors (Lipinski definition) is 3. The molecule has 0 aliphatic carbocycles. The van der Waals surface area contributed by atoms with Crippen LogP contribution in [-0.2, 0) is 13.0 Å². The Balaban J connectivity index is 1.38. The quantitative estimate of drug-likeness (QED) is 0.323. The maximum Gasteiger partial charge on any atom is 0.251 e. The average Bonchev–Trinajstić information content (AvgIpc) is 3.17. The summed E-state index contributed by atoms with van der Waals surface area (Å²) in [5.41, 5.74) is 5.03. The second-order valence-corrected chi connectivity index (χ2v) is 8.52. The molecule has 3 aromatic carbocycles. The number of hydrogen-bond donors (Lipinski definition) is 1. The molecule has 4 aromatic rings. The molecule has 5 nitrogen and oxygen atoms in total. The maximum absolute atomic E-state index is 12.3. The van der Waals surface area contributed by atoms with Gasteiger partial charge in [0.1, 0.15) is 18.2 Å². The van der Waals surface area contributed by atoms with Gasteiger partial charge < -0.3 is 14.6 Å². The van der Waals surface area contributed by atoms with Crippen molar-refractivity contribution in [3.8, 4) is 5.75 Å². The zero-order valence-electron chi connectivity index (χ0n) is 19.0. The van der Waals surface area contributed by atoms with Gasteiger partial charge in [-0.1, -0.05) is 41.9 Å². The SMILES string of the molecule is Cc1cccc(OCCn2c(CCCNC(=O)c3cccc(Cl)c3)nc3ccccc32)c1C. The van der Waals surface area contributed by atoms with Crippen LogP contribution in [0.25, 0.3) is 11.0 Å². The third-order valence-corrected chi connectivity index (χ3v) is 6.05. The van der Waals surface area contributed by atoms with Crippen molar-refractivity contribution in [3.63, 3.8) is 0 Å². The highest BCUT2D eigenvalue weighted by Crippen LogP contribution is 2.21. The normalized spacial score (nSPS) is 11.0. The van der Waals surface area contributed by atoms with Gasteiger partial charge in [0.2, 0.25) is 0 Å². The first-order valence-electron chi connectivity index (χ1n) is 11.2. The van der Waals surface area contributed by atoms with Crippen molar-refractivity contribution in [1.29, 1.82) is 0 Å². The van der Waals surface area contributed by atoms with Gasteiger partial charge >= 0.3 is 0 Å². The minimum atomic E-state index is -0.118. The summed E-state index contributed by atoms with van der Waals surface area (Å²) in [6.45, 7) is 6.00. The van der Waals surface area contributed by atoms with E-state index < -0.39 is 0 Å². The lowest BCUT2D eigenvalue weighted by Crippen LogP contribution is -2.25. The zero-order chi connectivity index (χ0) is 23.2. The highest BCUT2D eigenvalue weighted by atomic mass is 35.5. The van der Waals surface area contributed by atoms with Crippen molar-refractivity contribution >= 4 is 28.5 Å². The van der Waals surface area contributed by atoms with E-state index in [2.05, 4.69) is 35.9 Å². The third-order valence-electron chi connectivity index (χ3n) is 5.81. The number of para-hydroxylation sites is 2. The molecule has 1 heterocycles. The molecule has 0 unspecified atom stereocenters. The number of aryl methyl sites for hydroxylation is 2. The fourth-order valence-corrected chi connectivity index (χ4v) is 4.06. The van der Waals surface area contributed by atoms with Gasteiger partial charge in [-0.2, -0.15) is 0 Å². The number of rotatable bonds is 9. The van der Waals surface area contributed by atoms with Crippen LogP contribution in [0.4, 0.5) is 0 Å². The van der Waals surface area contributed by atoms with E-state index >= 15 is 0 Å². The number of carbonyl (C=O) groups excluding carboxylic acids is 1. The predicted molar refractivity (Wildman–Crippen MR) is 133 cm³/mol. The van der Waals surface area contributed by atoms with Crippen LogP contribution < -0.4 is 10.1 Å². The third kappa shape index (κ3) is 5.55. The Bertz CT molecular complexity index is 1270. The molecule has 4 rings (SSSR count). The summed E-state index contributed by atoms with van der Waals surface area (Å²) in [4.78, 5) is 17.2. The average molecular weight is 462 g/mol. The van der Waals surface area contributed by atoms with Gasteiger partial charge in [0.05, 0.1) is 17.6 Å². The van der Waals surface area contributed by atoms with Crippen LogP contribution in [0.15, 0.2) is 66.7 Å². The summed E-state index contributed by atoms with van der Waals surface area (Å²) >= 11 is 5.98. The van der Waals surface area contributed by atoms with Crippen LogP contribution in [0, 0.1) is 13.8 Å². The molecule has 0 fully saturated rings. The van der Waals surface area contributed by atoms with E-state index in [1.54, 1.807) is 24.3 Å². The monoisotopic (exact) mass is 461 g/mol. The molecule has 0 bridgehead atoms. The molecule has 0 aliphatic rings. The van der Waals surface area contributed by atoms with Gasteiger partial charge in [-0.3, -0.25) is 4.79 Å². The fraction of sp³-hybridized carbons (Fsp3) is 0.259. The highest BCUT2D eigenvalue weighted by molar-refractivity contribution is 6.30. The molecular formula is C27H28ClN3O2. The van der Waals surface area contributed by atoms with Crippen molar-refractivity contribution < 1.29 is 9.53 Å². The first kappa shape index (κ1) is 22.9. The van der Waals surface area contributed by atoms with Crippen molar-refractivity contribution in [3.05, 3.63) is 94.3 Å². The lowest BCUT2D eigenvalue weighted by molar-refractivity contribution is 0.0953. The smallest absolute Gasteiger partial charge is 0.251 e. The molecule has 0 saturated heterocycles. The Morgan fingerprint density at radius 2 is 1.88 bits per heavy atom. The summed E-state index contributed by atoms with van der Waals surface area (Å²) in [6.07, 6.45) is 1.54. The molecule has 0 aliphatic heterocycles. The van der Waals surface area contributed by atoms with Gasteiger partial charge in [0.25, 0.3) is 5.91 Å². The van der Waals surface area contributed by atoms with Gasteiger partial charge in [-0.25, -0.2) is 4.98 Å². The van der Waals surface area contributed by atoms with E-state index in [4.69, 9.17) is 21.3 Å². The van der Waals surface area contributed by atoms with Gasteiger partial charge in [0.15, 0.2) is 0 Å². The molecule has 170 valence electrons. The second-order valence-electron chi connectivity index (χ2n) is 8.08.